The number of anilines is 1. The van der Waals surface area contributed by atoms with E-state index in [4.69, 9.17) is 0 Å². The summed E-state index contributed by atoms with van der Waals surface area (Å²) in [6, 6.07) is 11.2. The average molecular weight is 265 g/mol. The summed E-state index contributed by atoms with van der Waals surface area (Å²) in [6.07, 6.45) is 6.27. The summed E-state index contributed by atoms with van der Waals surface area (Å²) in [4.78, 5) is 19.9. The molecule has 98 valence electrons. The Hall–Kier alpha value is -3.02. The van der Waals surface area contributed by atoms with Crippen LogP contribution < -0.4 is 5.32 Å². The number of nitrogens with zero attached hydrogens (tertiary/aromatic N) is 4. The Morgan fingerprint density at radius 3 is 2.70 bits per heavy atom. The van der Waals surface area contributed by atoms with Gasteiger partial charge in [0, 0.05) is 18.6 Å². The maximum Gasteiger partial charge on any atom is 0.277 e. The molecule has 0 saturated heterocycles. The van der Waals surface area contributed by atoms with Gasteiger partial charge in [0.25, 0.3) is 5.91 Å². The molecule has 0 atom stereocenters. The first-order valence-corrected chi connectivity index (χ1v) is 6.01. The maximum atomic E-state index is 12.0. The van der Waals surface area contributed by atoms with Crippen LogP contribution in [0.2, 0.25) is 0 Å². The fourth-order valence-electron chi connectivity index (χ4n) is 1.71. The highest BCUT2D eigenvalue weighted by molar-refractivity contribution is 6.02. The lowest BCUT2D eigenvalue weighted by molar-refractivity contribution is 0.102. The van der Waals surface area contributed by atoms with Crippen LogP contribution in [0.1, 0.15) is 10.5 Å². The number of rotatable bonds is 3. The largest absolute Gasteiger partial charge is 0.304 e. The van der Waals surface area contributed by atoms with E-state index in [-0.39, 0.29) is 5.91 Å². The van der Waals surface area contributed by atoms with Crippen molar-refractivity contribution in [3.8, 4) is 5.69 Å². The second kappa shape index (κ2) is 5.31. The van der Waals surface area contributed by atoms with Gasteiger partial charge >= 0.3 is 0 Å². The van der Waals surface area contributed by atoms with Gasteiger partial charge in [-0.3, -0.25) is 9.78 Å². The number of para-hydroxylation sites is 1. The molecule has 1 amide bonds. The van der Waals surface area contributed by atoms with Crippen molar-refractivity contribution in [2.24, 2.45) is 0 Å². The highest BCUT2D eigenvalue weighted by Crippen LogP contribution is 2.08. The topological polar surface area (TPSA) is 72.7 Å². The van der Waals surface area contributed by atoms with E-state index < -0.39 is 0 Å². The summed E-state index contributed by atoms with van der Waals surface area (Å²) >= 11 is 0. The first-order chi connectivity index (χ1) is 9.83. The minimum atomic E-state index is -0.319. The van der Waals surface area contributed by atoms with Gasteiger partial charge in [0.1, 0.15) is 0 Å². The van der Waals surface area contributed by atoms with Crippen molar-refractivity contribution in [2.75, 3.05) is 5.32 Å². The van der Waals surface area contributed by atoms with Crippen LogP contribution in [0.3, 0.4) is 0 Å². The Balaban J connectivity index is 1.79. The number of carbonyl (C=O) groups excluding carboxylic acids is 1. The lowest BCUT2D eigenvalue weighted by Gasteiger charge is -2.01. The Kier molecular flexibility index (Phi) is 3.20. The molecule has 1 aromatic carbocycles. The number of carbonyl (C=O) groups is 1. The van der Waals surface area contributed by atoms with Gasteiger partial charge in [-0.25, -0.2) is 9.67 Å². The third-order valence-electron chi connectivity index (χ3n) is 2.65. The van der Waals surface area contributed by atoms with E-state index >= 15 is 0 Å². The average Bonchev–Trinajstić information content (AvgIpc) is 2.99. The summed E-state index contributed by atoms with van der Waals surface area (Å²) in [5, 5.41) is 6.87. The fraction of sp³-hybridized carbons (Fsp3) is 0. The number of amides is 1. The van der Waals surface area contributed by atoms with Crippen molar-refractivity contribution >= 4 is 11.7 Å². The zero-order valence-electron chi connectivity index (χ0n) is 10.5. The maximum absolute atomic E-state index is 12.0. The molecule has 0 spiro atoms. The monoisotopic (exact) mass is 265 g/mol. The van der Waals surface area contributed by atoms with Crippen LogP contribution in [-0.4, -0.2) is 25.7 Å². The lowest BCUT2D eigenvalue weighted by atomic mass is 10.3. The molecule has 0 bridgehead atoms. The van der Waals surface area contributed by atoms with Crippen LogP contribution in [0.4, 0.5) is 5.82 Å². The van der Waals surface area contributed by atoms with E-state index in [2.05, 4.69) is 20.4 Å². The highest BCUT2D eigenvalue weighted by Gasteiger charge is 2.10. The molecule has 0 aliphatic rings. The molecule has 1 N–H and O–H groups in total. The molecule has 20 heavy (non-hydrogen) atoms. The molecule has 3 rings (SSSR count). The molecule has 0 aliphatic heterocycles. The van der Waals surface area contributed by atoms with Gasteiger partial charge < -0.3 is 5.32 Å². The molecule has 0 aliphatic carbocycles. The minimum absolute atomic E-state index is 0.319. The van der Waals surface area contributed by atoms with E-state index in [9.17, 15) is 4.79 Å². The summed E-state index contributed by atoms with van der Waals surface area (Å²) in [7, 11) is 0. The number of nitrogens with one attached hydrogen (secondary N) is 1. The molecular formula is C14H11N5O. The molecule has 6 heteroatoms. The highest BCUT2D eigenvalue weighted by atomic mass is 16.2. The van der Waals surface area contributed by atoms with Crippen molar-refractivity contribution < 1.29 is 4.79 Å². The predicted octanol–water partition coefficient (Wildman–Crippen LogP) is 1.91. The standard InChI is InChI=1S/C14H11N5O/c20-14(17-13-10-15-7-8-16-13)12-6-9-19(18-12)11-4-2-1-3-5-11/h1-10H,(H,16,17,20). The minimum Gasteiger partial charge on any atom is -0.304 e. The third-order valence-corrected chi connectivity index (χ3v) is 2.65. The third kappa shape index (κ3) is 2.54. The van der Waals surface area contributed by atoms with Crippen LogP contribution in [0.25, 0.3) is 5.69 Å². The van der Waals surface area contributed by atoms with E-state index in [0.717, 1.165) is 5.69 Å². The molecular weight excluding hydrogens is 254 g/mol. The number of hydrogen-bond donors (Lipinski definition) is 1. The molecule has 6 nitrogen and oxygen atoms in total. The van der Waals surface area contributed by atoms with Crippen molar-refractivity contribution in [1.82, 2.24) is 19.7 Å². The molecule has 2 heterocycles. The quantitative estimate of drug-likeness (QED) is 0.785. The summed E-state index contributed by atoms with van der Waals surface area (Å²) in [5.74, 6) is 0.0759. The summed E-state index contributed by atoms with van der Waals surface area (Å²) in [5.41, 5.74) is 1.21. The normalized spacial score (nSPS) is 10.2. The Bertz CT molecular complexity index is 709. The molecule has 0 unspecified atom stereocenters. The number of hydrogen-bond acceptors (Lipinski definition) is 4. The van der Waals surface area contributed by atoms with Crippen LogP contribution in [0, 0.1) is 0 Å². The molecule has 2 aromatic heterocycles. The van der Waals surface area contributed by atoms with E-state index in [1.54, 1.807) is 23.1 Å². The predicted molar refractivity (Wildman–Crippen MR) is 73.5 cm³/mol. The number of benzene rings is 1. The Morgan fingerprint density at radius 1 is 1.10 bits per heavy atom. The zero-order valence-corrected chi connectivity index (χ0v) is 10.5. The molecule has 0 fully saturated rings. The van der Waals surface area contributed by atoms with Crippen molar-refractivity contribution in [3.05, 3.63) is 66.9 Å². The second-order valence-corrected chi connectivity index (χ2v) is 4.03. The van der Waals surface area contributed by atoms with Gasteiger partial charge in [0.15, 0.2) is 11.5 Å². The number of aromatic nitrogens is 4. The van der Waals surface area contributed by atoms with Gasteiger partial charge in [-0.05, 0) is 18.2 Å². The lowest BCUT2D eigenvalue weighted by Crippen LogP contribution is -2.14. The van der Waals surface area contributed by atoms with E-state index in [0.29, 0.717) is 11.5 Å². The van der Waals surface area contributed by atoms with Crippen LogP contribution in [0.5, 0.6) is 0 Å². The first kappa shape index (κ1) is 12.0. The van der Waals surface area contributed by atoms with Gasteiger partial charge in [-0.15, -0.1) is 0 Å². The van der Waals surface area contributed by atoms with Gasteiger partial charge in [-0.2, -0.15) is 5.10 Å². The van der Waals surface area contributed by atoms with E-state index in [1.807, 2.05) is 30.3 Å². The van der Waals surface area contributed by atoms with Crippen LogP contribution >= 0.6 is 0 Å². The Morgan fingerprint density at radius 2 is 1.95 bits per heavy atom. The molecule has 0 radical (unpaired) electrons. The summed E-state index contributed by atoms with van der Waals surface area (Å²) in [6.45, 7) is 0. The van der Waals surface area contributed by atoms with Crippen molar-refractivity contribution in [3.63, 3.8) is 0 Å². The fourth-order valence-corrected chi connectivity index (χ4v) is 1.71. The molecule has 0 saturated carbocycles. The zero-order chi connectivity index (χ0) is 13.8. The van der Waals surface area contributed by atoms with Gasteiger partial charge in [-0.1, -0.05) is 18.2 Å². The van der Waals surface area contributed by atoms with Crippen molar-refractivity contribution in [2.45, 2.75) is 0 Å². The SMILES string of the molecule is O=C(Nc1cnccn1)c1ccn(-c2ccccc2)n1. The van der Waals surface area contributed by atoms with Crippen molar-refractivity contribution in [1.29, 1.82) is 0 Å². The Labute approximate surface area is 115 Å². The van der Waals surface area contributed by atoms with Gasteiger partial charge in [0.2, 0.25) is 0 Å². The van der Waals surface area contributed by atoms with Gasteiger partial charge in [0.05, 0.1) is 11.9 Å². The summed E-state index contributed by atoms with van der Waals surface area (Å²) < 4.78 is 1.64. The first-order valence-electron chi connectivity index (χ1n) is 6.01. The second-order valence-electron chi connectivity index (χ2n) is 4.03. The molecule has 3 aromatic rings. The van der Waals surface area contributed by atoms with E-state index in [1.165, 1.54) is 12.4 Å². The van der Waals surface area contributed by atoms with Crippen LogP contribution in [-0.2, 0) is 0 Å². The smallest absolute Gasteiger partial charge is 0.277 e. The van der Waals surface area contributed by atoms with Crippen LogP contribution in [0.15, 0.2) is 61.2 Å².